The first-order chi connectivity index (χ1) is 26.2. The molecule has 0 aliphatic carbocycles. The minimum atomic E-state index is -0.719. The van der Waals surface area contributed by atoms with E-state index in [-0.39, 0.29) is 11.6 Å². The number of carbonyl (C=O) groups excluding carboxylic acids is 3. The molecule has 0 bridgehead atoms. The molecule has 5 aromatic carbocycles. The number of ether oxygens (including phenoxy) is 5. The molecule has 13 heteroatoms. The number of methoxy groups -OCH3 is 5. The summed E-state index contributed by atoms with van der Waals surface area (Å²) in [5, 5.41) is 8.16. The second-order valence-electron chi connectivity index (χ2n) is 11.4. The van der Waals surface area contributed by atoms with Crippen LogP contribution in [0.4, 0.5) is 11.4 Å². The largest absolute Gasteiger partial charge is 0.495 e. The van der Waals surface area contributed by atoms with Crippen LogP contribution in [0.15, 0.2) is 120 Å². The van der Waals surface area contributed by atoms with Crippen molar-refractivity contribution in [2.24, 2.45) is 0 Å². The Labute approximate surface area is 322 Å². The smallest absolute Gasteiger partial charge is 0.272 e. The fourth-order valence-electron chi connectivity index (χ4n) is 5.33. The number of amides is 3. The lowest BCUT2D eigenvalue weighted by Gasteiger charge is -2.19. The molecular weight excluding hydrogens is 730 g/mol. The van der Waals surface area contributed by atoms with Gasteiger partial charge in [0.15, 0.2) is 11.5 Å². The molecule has 0 spiro atoms. The Bertz CT molecular complexity index is 2120. The molecule has 3 N–H and O–H groups in total. The topological polar surface area (TPSA) is 133 Å². The number of carbonyl (C=O) groups is 3. The number of rotatable bonds is 15. The van der Waals surface area contributed by atoms with E-state index in [0.717, 1.165) is 5.56 Å². The van der Waals surface area contributed by atoms with Crippen LogP contribution in [0.5, 0.6) is 28.7 Å². The van der Waals surface area contributed by atoms with Crippen molar-refractivity contribution in [1.29, 1.82) is 0 Å². The minimum Gasteiger partial charge on any atom is -0.495 e. The normalized spacial score (nSPS) is 11.5. The van der Waals surface area contributed by atoms with E-state index in [0.29, 0.717) is 61.2 Å². The SMILES string of the molecule is COc1cc(OC)c(NC(=O)C(Sc2cccc(NC(=O)/C(=C\c3cc(OC)c(OC)c(OC)c3)NC(=O)c3ccccc3)c2)c2ccccc2)cc1Cl. The van der Waals surface area contributed by atoms with Crippen LogP contribution >= 0.6 is 23.4 Å². The summed E-state index contributed by atoms with van der Waals surface area (Å²) in [5.41, 5.74) is 2.35. The van der Waals surface area contributed by atoms with Gasteiger partial charge in [-0.3, -0.25) is 14.4 Å². The van der Waals surface area contributed by atoms with Crippen LogP contribution in [-0.4, -0.2) is 53.3 Å². The monoisotopic (exact) mass is 767 g/mol. The molecule has 1 unspecified atom stereocenters. The van der Waals surface area contributed by atoms with Gasteiger partial charge in [0, 0.05) is 22.2 Å². The lowest BCUT2D eigenvalue weighted by atomic mass is 10.1. The molecule has 0 radical (unpaired) electrons. The zero-order valence-corrected chi connectivity index (χ0v) is 31.7. The first kappa shape index (κ1) is 39.1. The summed E-state index contributed by atoms with van der Waals surface area (Å²) in [6, 6.07) is 31.3. The van der Waals surface area contributed by atoms with E-state index in [9.17, 15) is 14.4 Å². The van der Waals surface area contributed by atoms with Gasteiger partial charge in [-0.2, -0.15) is 0 Å². The first-order valence-electron chi connectivity index (χ1n) is 16.4. The highest BCUT2D eigenvalue weighted by molar-refractivity contribution is 8.00. The van der Waals surface area contributed by atoms with Crippen LogP contribution in [0.2, 0.25) is 5.02 Å². The molecule has 11 nitrogen and oxygen atoms in total. The summed E-state index contributed by atoms with van der Waals surface area (Å²) < 4.78 is 27.2. The quantitative estimate of drug-likeness (QED) is 0.0711. The van der Waals surface area contributed by atoms with Crippen LogP contribution in [-0.2, 0) is 9.59 Å². The van der Waals surface area contributed by atoms with E-state index >= 15 is 0 Å². The van der Waals surface area contributed by atoms with E-state index in [1.807, 2.05) is 36.4 Å². The molecule has 0 fully saturated rings. The molecule has 1 atom stereocenters. The Hall–Kier alpha value is -6.11. The highest BCUT2D eigenvalue weighted by Gasteiger charge is 2.25. The average Bonchev–Trinajstić information content (AvgIpc) is 3.20. The number of nitrogens with one attached hydrogen (secondary N) is 3. The number of anilines is 2. The zero-order valence-electron chi connectivity index (χ0n) is 30.1. The summed E-state index contributed by atoms with van der Waals surface area (Å²) in [5.74, 6) is 0.470. The number of hydrogen-bond acceptors (Lipinski definition) is 9. The second-order valence-corrected chi connectivity index (χ2v) is 13.0. The van der Waals surface area contributed by atoms with E-state index in [4.69, 9.17) is 35.3 Å². The maximum absolute atomic E-state index is 13.9. The predicted molar refractivity (Wildman–Crippen MR) is 211 cm³/mol. The molecular formula is C41H38ClN3O8S. The molecule has 0 aliphatic heterocycles. The Morgan fingerprint density at radius 2 is 1.30 bits per heavy atom. The Balaban J connectivity index is 1.44. The molecule has 3 amide bonds. The van der Waals surface area contributed by atoms with Gasteiger partial charge >= 0.3 is 0 Å². The predicted octanol–water partition coefficient (Wildman–Crippen LogP) is 8.26. The van der Waals surface area contributed by atoms with Crippen molar-refractivity contribution >= 4 is 58.5 Å². The molecule has 5 rings (SSSR count). The molecule has 5 aromatic rings. The van der Waals surface area contributed by atoms with E-state index in [1.54, 1.807) is 72.8 Å². The van der Waals surface area contributed by atoms with Gasteiger partial charge in [-0.05, 0) is 65.7 Å². The van der Waals surface area contributed by atoms with Crippen molar-refractivity contribution < 1.29 is 38.1 Å². The van der Waals surface area contributed by atoms with Crippen LogP contribution in [0.3, 0.4) is 0 Å². The fraction of sp³-hybridized carbons (Fsp3) is 0.146. The van der Waals surface area contributed by atoms with Gasteiger partial charge in [-0.15, -0.1) is 11.8 Å². The summed E-state index contributed by atoms with van der Waals surface area (Å²) in [4.78, 5) is 41.8. The standard InChI is InChI=1S/C41H38ClN3O8S/c1-49-33-24-34(50-2)31(23-30(33)42)44-41(48)38(26-13-8-6-9-14-26)54-29-18-12-17-28(22-29)43-40(47)32(45-39(46)27-15-10-7-11-16-27)19-25-20-35(51-3)37(53-5)36(21-25)52-4/h6-24,38H,1-5H3,(H,43,47)(H,44,48)(H,45,46)/b32-19+. The third-order valence-corrected chi connectivity index (χ3v) is 9.49. The van der Waals surface area contributed by atoms with E-state index in [1.165, 1.54) is 53.4 Å². The first-order valence-corrected chi connectivity index (χ1v) is 17.7. The van der Waals surface area contributed by atoms with Crippen molar-refractivity contribution in [3.8, 4) is 28.7 Å². The zero-order chi connectivity index (χ0) is 38.6. The number of benzene rings is 5. The molecule has 0 aliphatic rings. The fourth-order valence-corrected chi connectivity index (χ4v) is 6.66. The van der Waals surface area contributed by atoms with Gasteiger partial charge < -0.3 is 39.6 Å². The molecule has 0 aromatic heterocycles. The van der Waals surface area contributed by atoms with Crippen molar-refractivity contribution in [3.63, 3.8) is 0 Å². The lowest BCUT2D eigenvalue weighted by Crippen LogP contribution is -2.30. The Morgan fingerprint density at radius 1 is 0.667 bits per heavy atom. The Morgan fingerprint density at radius 3 is 1.91 bits per heavy atom. The Kier molecular flexibility index (Phi) is 13.5. The molecule has 0 saturated heterocycles. The van der Waals surface area contributed by atoms with Crippen molar-refractivity contribution in [1.82, 2.24) is 5.32 Å². The molecule has 0 saturated carbocycles. The maximum atomic E-state index is 13.9. The van der Waals surface area contributed by atoms with Gasteiger partial charge in [-0.1, -0.05) is 66.2 Å². The number of halogens is 1. The van der Waals surface area contributed by atoms with Crippen molar-refractivity contribution in [3.05, 3.63) is 137 Å². The molecule has 278 valence electrons. The van der Waals surface area contributed by atoms with Crippen LogP contribution in [0.1, 0.15) is 26.7 Å². The van der Waals surface area contributed by atoms with Crippen LogP contribution < -0.4 is 39.6 Å². The van der Waals surface area contributed by atoms with Crippen LogP contribution in [0.25, 0.3) is 6.08 Å². The molecule has 54 heavy (non-hydrogen) atoms. The third-order valence-electron chi connectivity index (χ3n) is 7.94. The van der Waals surface area contributed by atoms with Gasteiger partial charge in [0.05, 0.1) is 46.3 Å². The summed E-state index contributed by atoms with van der Waals surface area (Å²) in [6.45, 7) is 0. The van der Waals surface area contributed by atoms with Gasteiger partial charge in [-0.25, -0.2) is 0 Å². The van der Waals surface area contributed by atoms with E-state index < -0.39 is 17.1 Å². The van der Waals surface area contributed by atoms with Crippen LogP contribution in [0, 0.1) is 0 Å². The van der Waals surface area contributed by atoms with Crippen molar-refractivity contribution in [2.45, 2.75) is 10.1 Å². The summed E-state index contributed by atoms with van der Waals surface area (Å²) in [6.07, 6.45) is 1.51. The summed E-state index contributed by atoms with van der Waals surface area (Å²) >= 11 is 7.66. The van der Waals surface area contributed by atoms with Gasteiger partial charge in [0.2, 0.25) is 11.7 Å². The van der Waals surface area contributed by atoms with Gasteiger partial charge in [0.25, 0.3) is 11.8 Å². The lowest BCUT2D eigenvalue weighted by molar-refractivity contribution is -0.116. The number of hydrogen-bond donors (Lipinski definition) is 3. The third kappa shape index (κ3) is 9.65. The minimum absolute atomic E-state index is 0.0511. The maximum Gasteiger partial charge on any atom is 0.272 e. The highest BCUT2D eigenvalue weighted by Crippen LogP contribution is 2.41. The number of thioether (sulfide) groups is 1. The van der Waals surface area contributed by atoms with Gasteiger partial charge in [0.1, 0.15) is 22.4 Å². The molecule has 0 heterocycles. The second kappa shape index (κ2) is 18.6. The van der Waals surface area contributed by atoms with Crippen molar-refractivity contribution in [2.75, 3.05) is 46.2 Å². The average molecular weight is 768 g/mol. The summed E-state index contributed by atoms with van der Waals surface area (Å²) in [7, 11) is 7.44. The van der Waals surface area contributed by atoms with E-state index in [2.05, 4.69) is 16.0 Å². The highest BCUT2D eigenvalue weighted by atomic mass is 35.5.